The first-order valence-corrected chi connectivity index (χ1v) is 5.84. The van der Waals surface area contributed by atoms with E-state index in [1.54, 1.807) is 18.2 Å². The third-order valence-corrected chi connectivity index (χ3v) is 3.59. The van der Waals surface area contributed by atoms with Gasteiger partial charge in [-0.05, 0) is 24.6 Å². The van der Waals surface area contributed by atoms with Crippen LogP contribution in [-0.2, 0) is 10.8 Å². The first-order chi connectivity index (χ1) is 6.65. The second-order valence-electron chi connectivity index (χ2n) is 2.78. The molecule has 0 fully saturated rings. The molecule has 1 unspecified atom stereocenters. The lowest BCUT2D eigenvalue weighted by Crippen LogP contribution is -2.00. The lowest BCUT2D eigenvalue weighted by atomic mass is 10.3. The number of hydrogen-bond donors (Lipinski definition) is 1. The average Bonchev–Trinajstić information content (AvgIpc) is 2.18. The van der Waals surface area contributed by atoms with Crippen LogP contribution >= 0.6 is 11.6 Å². The fraction of sp³-hybridized carbons (Fsp3) is 0.333. The molecule has 1 aromatic rings. The molecule has 2 N–H and O–H groups in total. The first-order valence-electron chi connectivity index (χ1n) is 4.14. The number of anilines is 1. The first kappa shape index (κ1) is 11.5. The summed E-state index contributed by atoms with van der Waals surface area (Å²) in [6.07, 6.45) is 0.276. The van der Waals surface area contributed by atoms with Gasteiger partial charge in [0.2, 0.25) is 0 Å². The fourth-order valence-corrected chi connectivity index (χ4v) is 2.51. The van der Waals surface area contributed by atoms with Crippen LogP contribution in [0, 0.1) is 0 Å². The number of rotatable bonds is 4. The maximum atomic E-state index is 11.9. The topological polar surface area (TPSA) is 43.1 Å². The molecular formula is C9H11ClFNOS. The Kier molecular flexibility index (Phi) is 4.35. The summed E-state index contributed by atoms with van der Waals surface area (Å²) in [6, 6.07) is 4.80. The van der Waals surface area contributed by atoms with Crippen molar-refractivity contribution < 1.29 is 8.60 Å². The summed E-state index contributed by atoms with van der Waals surface area (Å²) in [5.41, 5.74) is 6.04. The van der Waals surface area contributed by atoms with Gasteiger partial charge < -0.3 is 5.73 Å². The molecule has 0 aliphatic carbocycles. The van der Waals surface area contributed by atoms with Crippen molar-refractivity contribution in [2.75, 3.05) is 18.2 Å². The minimum Gasteiger partial charge on any atom is -0.399 e. The van der Waals surface area contributed by atoms with E-state index in [1.807, 2.05) is 0 Å². The zero-order chi connectivity index (χ0) is 10.6. The molecule has 0 bridgehead atoms. The Labute approximate surface area is 89.7 Å². The van der Waals surface area contributed by atoms with Gasteiger partial charge in [0.15, 0.2) is 0 Å². The van der Waals surface area contributed by atoms with E-state index >= 15 is 0 Å². The van der Waals surface area contributed by atoms with Gasteiger partial charge in [-0.15, -0.1) is 0 Å². The summed E-state index contributed by atoms with van der Waals surface area (Å²) in [5.74, 6) is 0.277. The van der Waals surface area contributed by atoms with E-state index in [4.69, 9.17) is 17.3 Å². The Hall–Kier alpha value is -0.610. The van der Waals surface area contributed by atoms with Gasteiger partial charge in [0.1, 0.15) is 0 Å². The van der Waals surface area contributed by atoms with Crippen molar-refractivity contribution in [1.29, 1.82) is 0 Å². The van der Waals surface area contributed by atoms with E-state index < -0.39 is 17.5 Å². The average molecular weight is 236 g/mol. The third kappa shape index (κ3) is 2.96. The van der Waals surface area contributed by atoms with Gasteiger partial charge in [-0.1, -0.05) is 11.6 Å². The minimum absolute atomic E-state index is 0.276. The smallest absolute Gasteiger partial charge is 0.0903 e. The molecule has 0 aliphatic heterocycles. The molecule has 0 spiro atoms. The molecule has 0 aliphatic rings. The maximum absolute atomic E-state index is 11.9. The van der Waals surface area contributed by atoms with Crippen LogP contribution in [0.1, 0.15) is 6.42 Å². The summed E-state index contributed by atoms with van der Waals surface area (Å²) in [6.45, 7) is -0.467. The number of nitrogens with two attached hydrogens (primary N) is 1. The second-order valence-corrected chi connectivity index (χ2v) is 4.73. The van der Waals surface area contributed by atoms with Gasteiger partial charge in [0.05, 0.1) is 27.4 Å². The molecule has 2 nitrogen and oxygen atoms in total. The van der Waals surface area contributed by atoms with Gasteiger partial charge in [0.25, 0.3) is 0 Å². The molecule has 1 atom stereocenters. The summed E-state index contributed by atoms with van der Waals surface area (Å²) in [7, 11) is -1.26. The van der Waals surface area contributed by atoms with Crippen molar-refractivity contribution in [3.63, 3.8) is 0 Å². The zero-order valence-corrected chi connectivity index (χ0v) is 9.08. The summed E-state index contributed by atoms with van der Waals surface area (Å²) in [5, 5.41) is 0.413. The molecule has 0 amide bonds. The van der Waals surface area contributed by atoms with E-state index in [0.717, 1.165) is 0 Å². The van der Waals surface area contributed by atoms with Crippen LogP contribution in [0.25, 0.3) is 0 Å². The van der Waals surface area contributed by atoms with E-state index in [2.05, 4.69) is 0 Å². The van der Waals surface area contributed by atoms with Crippen LogP contribution in [0.2, 0.25) is 5.02 Å². The fourth-order valence-electron chi connectivity index (χ4n) is 0.990. The van der Waals surface area contributed by atoms with Gasteiger partial charge in [0, 0.05) is 11.4 Å². The number of halogens is 2. The Balaban J connectivity index is 2.83. The quantitative estimate of drug-likeness (QED) is 0.815. The van der Waals surface area contributed by atoms with Gasteiger partial charge in [-0.25, -0.2) is 0 Å². The van der Waals surface area contributed by atoms with Crippen LogP contribution in [-0.4, -0.2) is 16.6 Å². The Morgan fingerprint density at radius 1 is 1.50 bits per heavy atom. The van der Waals surface area contributed by atoms with Crippen LogP contribution in [0.4, 0.5) is 10.1 Å². The molecule has 1 rings (SSSR count). The van der Waals surface area contributed by atoms with E-state index in [0.29, 0.717) is 15.6 Å². The van der Waals surface area contributed by atoms with Crippen LogP contribution in [0.5, 0.6) is 0 Å². The van der Waals surface area contributed by atoms with Crippen molar-refractivity contribution >= 4 is 28.1 Å². The summed E-state index contributed by atoms with van der Waals surface area (Å²) >= 11 is 5.83. The lowest BCUT2D eigenvalue weighted by molar-refractivity contribution is 0.488. The largest absolute Gasteiger partial charge is 0.399 e. The van der Waals surface area contributed by atoms with E-state index in [-0.39, 0.29) is 12.2 Å². The molecule has 0 aromatic heterocycles. The van der Waals surface area contributed by atoms with Crippen molar-refractivity contribution in [1.82, 2.24) is 0 Å². The normalized spacial score (nSPS) is 12.7. The number of benzene rings is 1. The molecule has 5 heteroatoms. The molecule has 1 aromatic carbocycles. The molecule has 0 saturated carbocycles. The third-order valence-electron chi connectivity index (χ3n) is 1.66. The zero-order valence-electron chi connectivity index (χ0n) is 7.50. The molecule has 14 heavy (non-hydrogen) atoms. The predicted molar refractivity (Wildman–Crippen MR) is 57.7 cm³/mol. The van der Waals surface area contributed by atoms with Crippen molar-refractivity contribution in [3.05, 3.63) is 23.2 Å². The number of alkyl halides is 1. The van der Waals surface area contributed by atoms with Gasteiger partial charge >= 0.3 is 0 Å². The Morgan fingerprint density at radius 2 is 2.21 bits per heavy atom. The number of hydrogen-bond acceptors (Lipinski definition) is 2. The van der Waals surface area contributed by atoms with E-state index in [1.165, 1.54) is 0 Å². The van der Waals surface area contributed by atoms with Gasteiger partial charge in [-0.3, -0.25) is 8.60 Å². The molecular weight excluding hydrogens is 225 g/mol. The molecule has 0 heterocycles. The highest BCUT2D eigenvalue weighted by molar-refractivity contribution is 7.85. The monoisotopic (exact) mass is 235 g/mol. The van der Waals surface area contributed by atoms with Crippen molar-refractivity contribution in [3.8, 4) is 0 Å². The molecule has 0 radical (unpaired) electrons. The van der Waals surface area contributed by atoms with Gasteiger partial charge in [-0.2, -0.15) is 0 Å². The highest BCUT2D eigenvalue weighted by Gasteiger charge is 2.08. The minimum atomic E-state index is -1.26. The van der Waals surface area contributed by atoms with E-state index in [9.17, 15) is 8.60 Å². The highest BCUT2D eigenvalue weighted by atomic mass is 35.5. The Bertz CT molecular complexity index is 346. The van der Waals surface area contributed by atoms with Crippen LogP contribution in [0.15, 0.2) is 23.1 Å². The van der Waals surface area contributed by atoms with Crippen LogP contribution in [0.3, 0.4) is 0 Å². The second kappa shape index (κ2) is 5.32. The Morgan fingerprint density at radius 3 is 2.86 bits per heavy atom. The molecule has 78 valence electrons. The highest BCUT2D eigenvalue weighted by Crippen LogP contribution is 2.22. The predicted octanol–water partition coefficient (Wildman–Crippen LogP) is 2.39. The lowest BCUT2D eigenvalue weighted by Gasteiger charge is -2.04. The summed E-state index contributed by atoms with van der Waals surface area (Å²) < 4.78 is 23.4. The maximum Gasteiger partial charge on any atom is 0.0903 e. The summed E-state index contributed by atoms with van der Waals surface area (Å²) in [4.78, 5) is 0.486. The van der Waals surface area contributed by atoms with Crippen molar-refractivity contribution in [2.45, 2.75) is 11.3 Å². The number of nitrogen functional groups attached to an aromatic ring is 1. The standard InChI is InChI=1S/C9H11ClFNOS/c10-8-3-2-7(12)6-9(8)14(13)5-1-4-11/h2-3,6H,1,4-5,12H2. The SMILES string of the molecule is Nc1ccc(Cl)c(S(=O)CCCF)c1. The molecule has 0 saturated heterocycles. The van der Waals surface area contributed by atoms with Crippen molar-refractivity contribution in [2.24, 2.45) is 0 Å². The van der Waals surface area contributed by atoms with Crippen LogP contribution < -0.4 is 5.73 Å².